The molecule has 0 bridgehead atoms. The lowest BCUT2D eigenvalue weighted by atomic mass is 10.2. The van der Waals surface area contributed by atoms with Crippen LogP contribution in [0.1, 0.15) is 16.2 Å². The molecular formula is C15H15N5O. The molecule has 0 fully saturated rings. The Kier molecular flexibility index (Phi) is 3.61. The third-order valence-corrected chi connectivity index (χ3v) is 3.13. The van der Waals surface area contributed by atoms with Crippen LogP contribution in [0, 0.1) is 0 Å². The van der Waals surface area contributed by atoms with Gasteiger partial charge in [0.25, 0.3) is 0 Å². The van der Waals surface area contributed by atoms with Crippen molar-refractivity contribution in [1.29, 1.82) is 0 Å². The minimum absolute atomic E-state index is 0.160. The second-order valence-corrected chi connectivity index (χ2v) is 4.58. The third-order valence-electron chi connectivity index (χ3n) is 3.13. The van der Waals surface area contributed by atoms with Crippen molar-refractivity contribution in [2.45, 2.75) is 6.54 Å². The molecule has 0 unspecified atom stereocenters. The smallest absolute Gasteiger partial charge is 0.231 e. The van der Waals surface area contributed by atoms with Crippen LogP contribution in [-0.2, 0) is 6.54 Å². The highest BCUT2D eigenvalue weighted by Gasteiger charge is 2.17. The van der Waals surface area contributed by atoms with Crippen molar-refractivity contribution in [2.75, 3.05) is 6.54 Å². The lowest BCUT2D eigenvalue weighted by Gasteiger charge is -2.05. The molecule has 0 aliphatic rings. The summed E-state index contributed by atoms with van der Waals surface area (Å²) < 4.78 is 3.42. The first kappa shape index (κ1) is 13.3. The molecule has 6 nitrogen and oxygen atoms in total. The van der Waals surface area contributed by atoms with Crippen molar-refractivity contribution in [3.8, 4) is 5.69 Å². The number of hydrogen-bond donors (Lipinski definition) is 1. The van der Waals surface area contributed by atoms with E-state index in [4.69, 9.17) is 5.73 Å². The number of hydrogen-bond acceptors (Lipinski definition) is 4. The molecule has 3 aromatic rings. The van der Waals surface area contributed by atoms with E-state index in [1.54, 1.807) is 34.0 Å². The quantitative estimate of drug-likeness (QED) is 0.714. The highest BCUT2D eigenvalue weighted by Crippen LogP contribution is 2.13. The van der Waals surface area contributed by atoms with Crippen molar-refractivity contribution >= 4 is 5.78 Å². The number of nitrogens with two attached hydrogens (primary N) is 1. The van der Waals surface area contributed by atoms with Gasteiger partial charge in [0.1, 0.15) is 11.4 Å². The number of carbonyl (C=O) groups is 1. The van der Waals surface area contributed by atoms with Crippen molar-refractivity contribution < 1.29 is 4.79 Å². The molecule has 1 aromatic carbocycles. The summed E-state index contributed by atoms with van der Waals surface area (Å²) in [6.07, 6.45) is 4.93. The summed E-state index contributed by atoms with van der Waals surface area (Å²) in [5.74, 6) is -0.160. The van der Waals surface area contributed by atoms with Gasteiger partial charge in [0.2, 0.25) is 5.78 Å². The Morgan fingerprint density at radius 3 is 2.76 bits per heavy atom. The lowest BCUT2D eigenvalue weighted by molar-refractivity contribution is 0.102. The fourth-order valence-corrected chi connectivity index (χ4v) is 2.13. The largest absolute Gasteiger partial charge is 0.335 e. The topological polar surface area (TPSA) is 78.7 Å². The van der Waals surface area contributed by atoms with Gasteiger partial charge >= 0.3 is 0 Å². The summed E-state index contributed by atoms with van der Waals surface area (Å²) >= 11 is 0. The molecule has 2 heterocycles. The Hall–Kier alpha value is -2.73. The van der Waals surface area contributed by atoms with E-state index in [-0.39, 0.29) is 5.78 Å². The number of benzene rings is 1. The Labute approximate surface area is 121 Å². The van der Waals surface area contributed by atoms with Crippen LogP contribution in [0.3, 0.4) is 0 Å². The first-order chi connectivity index (χ1) is 10.3. The molecule has 0 amide bonds. The van der Waals surface area contributed by atoms with Crippen LogP contribution >= 0.6 is 0 Å². The van der Waals surface area contributed by atoms with Crippen LogP contribution in [0.25, 0.3) is 5.69 Å². The Balaban J connectivity index is 1.94. The number of rotatable bonds is 5. The molecule has 0 atom stereocenters. The molecular weight excluding hydrogens is 266 g/mol. The van der Waals surface area contributed by atoms with Gasteiger partial charge in [0.05, 0.1) is 18.2 Å². The predicted octanol–water partition coefficient (Wildman–Crippen LogP) is 1.26. The molecule has 6 heteroatoms. The summed E-state index contributed by atoms with van der Waals surface area (Å²) in [7, 11) is 0. The van der Waals surface area contributed by atoms with E-state index in [0.29, 0.717) is 24.5 Å². The van der Waals surface area contributed by atoms with Crippen molar-refractivity contribution in [2.24, 2.45) is 5.73 Å². The van der Waals surface area contributed by atoms with Crippen LogP contribution in [-0.4, -0.2) is 31.7 Å². The average Bonchev–Trinajstić information content (AvgIpc) is 3.17. The van der Waals surface area contributed by atoms with E-state index in [2.05, 4.69) is 10.1 Å². The van der Waals surface area contributed by atoms with Gasteiger partial charge in [-0.1, -0.05) is 18.2 Å². The normalized spacial score (nSPS) is 10.7. The monoisotopic (exact) mass is 281 g/mol. The minimum atomic E-state index is -0.160. The van der Waals surface area contributed by atoms with Gasteiger partial charge in [-0.25, -0.2) is 9.67 Å². The van der Waals surface area contributed by atoms with Crippen LogP contribution < -0.4 is 5.73 Å². The van der Waals surface area contributed by atoms with Gasteiger partial charge in [0, 0.05) is 19.3 Å². The van der Waals surface area contributed by atoms with E-state index >= 15 is 0 Å². The number of para-hydroxylation sites is 1. The molecule has 0 saturated carbocycles. The van der Waals surface area contributed by atoms with Gasteiger partial charge in [-0.05, 0) is 18.2 Å². The summed E-state index contributed by atoms with van der Waals surface area (Å²) in [5, 5.41) is 4.22. The van der Waals surface area contributed by atoms with E-state index in [1.807, 2.05) is 30.3 Å². The maximum Gasteiger partial charge on any atom is 0.231 e. The van der Waals surface area contributed by atoms with Crippen LogP contribution in [0.5, 0.6) is 0 Å². The molecule has 2 aromatic heterocycles. The van der Waals surface area contributed by atoms with Crippen LogP contribution in [0.2, 0.25) is 0 Å². The summed E-state index contributed by atoms with van der Waals surface area (Å²) in [5.41, 5.74) is 7.21. The Morgan fingerprint density at radius 2 is 2.00 bits per heavy atom. The van der Waals surface area contributed by atoms with E-state index in [9.17, 15) is 4.79 Å². The zero-order valence-electron chi connectivity index (χ0n) is 11.4. The maximum absolute atomic E-state index is 12.6. The Morgan fingerprint density at radius 1 is 1.19 bits per heavy atom. The summed E-state index contributed by atoms with van der Waals surface area (Å²) in [4.78, 5) is 16.7. The van der Waals surface area contributed by atoms with Gasteiger partial charge in [-0.3, -0.25) is 4.79 Å². The predicted molar refractivity (Wildman–Crippen MR) is 78.3 cm³/mol. The lowest BCUT2D eigenvalue weighted by Crippen LogP contribution is -2.11. The molecule has 0 radical (unpaired) electrons. The molecule has 0 aliphatic heterocycles. The van der Waals surface area contributed by atoms with Gasteiger partial charge < -0.3 is 10.3 Å². The van der Waals surface area contributed by atoms with Crippen molar-refractivity contribution in [3.05, 3.63) is 66.5 Å². The van der Waals surface area contributed by atoms with E-state index in [1.165, 1.54) is 0 Å². The van der Waals surface area contributed by atoms with Gasteiger partial charge in [-0.2, -0.15) is 5.10 Å². The standard InChI is InChI=1S/C15H15N5O/c16-7-9-19-10-13(17-11-19)15(21)14-6-8-18-20(14)12-4-2-1-3-5-12/h1-6,8,10-11H,7,9,16H2. The van der Waals surface area contributed by atoms with Gasteiger partial charge in [-0.15, -0.1) is 0 Å². The third kappa shape index (κ3) is 2.61. The average molecular weight is 281 g/mol. The molecule has 2 N–H and O–H groups in total. The van der Waals surface area contributed by atoms with Crippen molar-refractivity contribution in [3.63, 3.8) is 0 Å². The van der Waals surface area contributed by atoms with Crippen LogP contribution in [0.4, 0.5) is 0 Å². The fourth-order valence-electron chi connectivity index (χ4n) is 2.13. The fraction of sp³-hybridized carbons (Fsp3) is 0.133. The zero-order chi connectivity index (χ0) is 14.7. The van der Waals surface area contributed by atoms with E-state index in [0.717, 1.165) is 5.69 Å². The molecule has 21 heavy (non-hydrogen) atoms. The molecule has 0 saturated heterocycles. The van der Waals surface area contributed by atoms with Crippen molar-refractivity contribution in [1.82, 2.24) is 19.3 Å². The maximum atomic E-state index is 12.6. The first-order valence-corrected chi connectivity index (χ1v) is 6.65. The second kappa shape index (κ2) is 5.72. The SMILES string of the molecule is NCCn1cnc(C(=O)c2ccnn2-c2ccccc2)c1. The number of nitrogens with zero attached hydrogens (tertiary/aromatic N) is 4. The Bertz CT molecular complexity index is 744. The number of ketones is 1. The number of carbonyl (C=O) groups excluding carboxylic acids is 1. The first-order valence-electron chi connectivity index (χ1n) is 6.65. The highest BCUT2D eigenvalue weighted by atomic mass is 16.1. The number of aromatic nitrogens is 4. The highest BCUT2D eigenvalue weighted by molar-refractivity contribution is 6.06. The minimum Gasteiger partial charge on any atom is -0.335 e. The molecule has 3 rings (SSSR count). The number of imidazole rings is 1. The molecule has 106 valence electrons. The second-order valence-electron chi connectivity index (χ2n) is 4.58. The summed E-state index contributed by atoms with van der Waals surface area (Å²) in [6, 6.07) is 11.2. The molecule has 0 aliphatic carbocycles. The van der Waals surface area contributed by atoms with E-state index < -0.39 is 0 Å². The van der Waals surface area contributed by atoms with Crippen LogP contribution in [0.15, 0.2) is 55.1 Å². The molecule has 0 spiro atoms. The van der Waals surface area contributed by atoms with Gasteiger partial charge in [0.15, 0.2) is 0 Å². The zero-order valence-corrected chi connectivity index (χ0v) is 11.4. The summed E-state index contributed by atoms with van der Waals surface area (Å²) in [6.45, 7) is 1.14.